The highest BCUT2D eigenvalue weighted by molar-refractivity contribution is 9.10. The van der Waals surface area contributed by atoms with Gasteiger partial charge in [0.2, 0.25) is 15.9 Å². The number of rotatable bonds is 9. The first-order valence-corrected chi connectivity index (χ1v) is 15.0. The average molecular weight is 625 g/mol. The van der Waals surface area contributed by atoms with Crippen LogP contribution in [0.3, 0.4) is 0 Å². The molecule has 1 N–H and O–H groups in total. The predicted molar refractivity (Wildman–Crippen MR) is 152 cm³/mol. The number of nitrogens with zero attached hydrogens (tertiary/aromatic N) is 2. The quantitative estimate of drug-likeness (QED) is 0.297. The van der Waals surface area contributed by atoms with Gasteiger partial charge in [-0.2, -0.15) is 4.31 Å². The summed E-state index contributed by atoms with van der Waals surface area (Å²) < 4.78 is 29.6. The summed E-state index contributed by atoms with van der Waals surface area (Å²) in [5.41, 5.74) is 1.85. The van der Waals surface area contributed by atoms with Crippen molar-refractivity contribution in [1.82, 2.24) is 9.21 Å². The molecule has 1 aliphatic heterocycles. The van der Waals surface area contributed by atoms with Crippen LogP contribution in [0.1, 0.15) is 24.8 Å². The van der Waals surface area contributed by atoms with E-state index in [9.17, 15) is 13.2 Å². The van der Waals surface area contributed by atoms with E-state index in [0.717, 1.165) is 28.6 Å². The number of anilines is 1. The van der Waals surface area contributed by atoms with Crippen molar-refractivity contribution in [3.63, 3.8) is 0 Å². The number of hydrogen-bond donors (Lipinski definition) is 1. The zero-order valence-electron chi connectivity index (χ0n) is 20.1. The van der Waals surface area contributed by atoms with Crippen molar-refractivity contribution in [2.24, 2.45) is 0 Å². The Labute approximate surface area is 236 Å². The lowest BCUT2D eigenvalue weighted by molar-refractivity contribution is -0.132. The van der Waals surface area contributed by atoms with Crippen LogP contribution in [0, 0.1) is 0 Å². The second-order valence-corrected chi connectivity index (χ2v) is 12.5. The van der Waals surface area contributed by atoms with Crippen LogP contribution >= 0.6 is 39.1 Å². The zero-order valence-corrected chi connectivity index (χ0v) is 24.0. The van der Waals surface area contributed by atoms with Gasteiger partial charge in [-0.05, 0) is 48.7 Å². The minimum absolute atomic E-state index is 0.0217. The van der Waals surface area contributed by atoms with Crippen LogP contribution in [-0.4, -0.2) is 49.2 Å². The molecule has 0 aliphatic carbocycles. The smallest absolute Gasteiger partial charge is 0.246 e. The number of nitrogens with one attached hydrogen (secondary N) is 1. The normalized spacial score (nSPS) is 14.6. The Morgan fingerprint density at radius 2 is 1.62 bits per heavy atom. The van der Waals surface area contributed by atoms with Gasteiger partial charge < -0.3 is 10.2 Å². The summed E-state index contributed by atoms with van der Waals surface area (Å²) in [7, 11) is -4.05. The second kappa shape index (κ2) is 12.6. The molecule has 196 valence electrons. The third kappa shape index (κ3) is 7.27. The summed E-state index contributed by atoms with van der Waals surface area (Å²) in [4.78, 5) is 14.8. The van der Waals surface area contributed by atoms with Gasteiger partial charge in [-0.3, -0.25) is 4.79 Å². The van der Waals surface area contributed by atoms with Crippen LogP contribution in [0.15, 0.2) is 82.2 Å². The maximum absolute atomic E-state index is 13.6. The van der Waals surface area contributed by atoms with Crippen molar-refractivity contribution in [2.75, 3.05) is 25.0 Å². The molecular formula is C27H28BrCl2N3O3S. The van der Waals surface area contributed by atoms with Crippen molar-refractivity contribution in [3.05, 3.63) is 92.9 Å². The fourth-order valence-electron chi connectivity index (χ4n) is 4.39. The molecular weight excluding hydrogens is 597 g/mol. The van der Waals surface area contributed by atoms with Gasteiger partial charge in [-0.25, -0.2) is 8.42 Å². The van der Waals surface area contributed by atoms with Crippen LogP contribution in [-0.2, 0) is 21.4 Å². The van der Waals surface area contributed by atoms with Gasteiger partial charge in [-0.1, -0.05) is 81.6 Å². The van der Waals surface area contributed by atoms with Crippen LogP contribution in [0.2, 0.25) is 10.0 Å². The standard InChI is InChI=1S/C27H28BrCl2N3O3S/c28-21-8-4-9-23(18-21)31-22-12-15-32(16-13-22)26(34)14-17-33(19-20-6-2-1-3-7-20)37(35,36)27-24(29)10-5-11-25(27)30/h1-11,18,22,31H,12-17,19H2. The highest BCUT2D eigenvalue weighted by atomic mass is 79.9. The fourth-order valence-corrected chi connectivity index (χ4v) is 7.31. The summed E-state index contributed by atoms with van der Waals surface area (Å²) in [6.07, 6.45) is 1.71. The third-order valence-corrected chi connectivity index (χ3v) is 9.63. The number of hydrogen-bond acceptors (Lipinski definition) is 4. The minimum atomic E-state index is -4.05. The maximum atomic E-state index is 13.6. The molecule has 3 aromatic carbocycles. The van der Waals surface area contributed by atoms with E-state index in [4.69, 9.17) is 23.2 Å². The lowest BCUT2D eigenvalue weighted by atomic mass is 10.0. The highest BCUT2D eigenvalue weighted by Gasteiger charge is 2.31. The van der Waals surface area contributed by atoms with E-state index in [-0.39, 0.29) is 46.4 Å². The Balaban J connectivity index is 1.41. The number of benzene rings is 3. The fraction of sp³-hybridized carbons (Fsp3) is 0.296. The van der Waals surface area contributed by atoms with E-state index in [1.54, 1.807) is 6.07 Å². The molecule has 0 aromatic heterocycles. The summed E-state index contributed by atoms with van der Waals surface area (Å²) in [6, 6.07) is 22.1. The van der Waals surface area contributed by atoms with Crippen molar-refractivity contribution in [3.8, 4) is 0 Å². The average Bonchev–Trinajstić information content (AvgIpc) is 2.87. The van der Waals surface area contributed by atoms with E-state index < -0.39 is 10.0 Å². The van der Waals surface area contributed by atoms with Crippen LogP contribution in [0.5, 0.6) is 0 Å². The molecule has 1 saturated heterocycles. The number of amides is 1. The molecule has 1 aliphatic rings. The van der Waals surface area contributed by atoms with Crippen LogP contribution in [0.4, 0.5) is 5.69 Å². The lowest BCUT2D eigenvalue weighted by Crippen LogP contribution is -2.43. The molecule has 0 bridgehead atoms. The molecule has 10 heteroatoms. The number of piperidine rings is 1. The third-order valence-electron chi connectivity index (χ3n) is 6.34. The van der Waals surface area contributed by atoms with Gasteiger partial charge >= 0.3 is 0 Å². The van der Waals surface area contributed by atoms with E-state index >= 15 is 0 Å². The van der Waals surface area contributed by atoms with Crippen molar-refractivity contribution >= 4 is 60.7 Å². The first kappa shape index (κ1) is 27.9. The summed E-state index contributed by atoms with van der Waals surface area (Å²) in [6.45, 7) is 1.36. The van der Waals surface area contributed by atoms with Gasteiger partial charge in [-0.15, -0.1) is 0 Å². The number of carbonyl (C=O) groups is 1. The van der Waals surface area contributed by atoms with Gasteiger partial charge in [0.05, 0.1) is 10.0 Å². The minimum Gasteiger partial charge on any atom is -0.382 e. The highest BCUT2D eigenvalue weighted by Crippen LogP contribution is 2.32. The topological polar surface area (TPSA) is 69.7 Å². The van der Waals surface area contributed by atoms with Crippen LogP contribution in [0.25, 0.3) is 0 Å². The number of halogens is 3. The van der Waals surface area contributed by atoms with Gasteiger partial charge in [0, 0.05) is 48.8 Å². The Kier molecular flexibility index (Phi) is 9.53. The molecule has 0 spiro atoms. The lowest BCUT2D eigenvalue weighted by Gasteiger charge is -2.33. The molecule has 1 fully saturated rings. The Bertz CT molecular complexity index is 1310. The molecule has 4 rings (SSSR count). The van der Waals surface area contributed by atoms with Crippen LogP contribution < -0.4 is 5.32 Å². The maximum Gasteiger partial charge on any atom is 0.246 e. The number of likely N-dealkylation sites (tertiary alicyclic amines) is 1. The molecule has 1 heterocycles. The molecule has 6 nitrogen and oxygen atoms in total. The summed E-state index contributed by atoms with van der Waals surface area (Å²) >= 11 is 16.0. The van der Waals surface area contributed by atoms with Gasteiger partial charge in [0.1, 0.15) is 4.90 Å². The van der Waals surface area contributed by atoms with Gasteiger partial charge in [0.15, 0.2) is 0 Å². The zero-order chi connectivity index (χ0) is 26.4. The predicted octanol–water partition coefficient (Wildman–Crippen LogP) is 6.44. The first-order valence-electron chi connectivity index (χ1n) is 12.0. The molecule has 0 radical (unpaired) electrons. The van der Waals surface area contributed by atoms with E-state index in [1.807, 2.05) is 59.5 Å². The molecule has 0 atom stereocenters. The Hall–Kier alpha value is -2.10. The van der Waals surface area contributed by atoms with E-state index in [0.29, 0.717) is 13.1 Å². The Morgan fingerprint density at radius 1 is 0.973 bits per heavy atom. The SMILES string of the molecule is O=C(CCN(Cc1ccccc1)S(=O)(=O)c1c(Cl)cccc1Cl)N1CCC(Nc2cccc(Br)c2)CC1. The van der Waals surface area contributed by atoms with Crippen molar-refractivity contribution < 1.29 is 13.2 Å². The number of carbonyl (C=O) groups excluding carboxylic acids is 1. The second-order valence-electron chi connectivity index (χ2n) is 8.93. The van der Waals surface area contributed by atoms with Gasteiger partial charge in [0.25, 0.3) is 0 Å². The summed E-state index contributed by atoms with van der Waals surface area (Å²) in [5.74, 6) is -0.0700. The molecule has 3 aromatic rings. The Morgan fingerprint density at radius 3 is 2.27 bits per heavy atom. The molecule has 1 amide bonds. The molecule has 37 heavy (non-hydrogen) atoms. The monoisotopic (exact) mass is 623 g/mol. The van der Waals surface area contributed by atoms with E-state index in [2.05, 4.69) is 21.2 Å². The largest absolute Gasteiger partial charge is 0.382 e. The molecule has 0 unspecified atom stereocenters. The summed E-state index contributed by atoms with van der Waals surface area (Å²) in [5, 5.41) is 3.63. The number of sulfonamides is 1. The van der Waals surface area contributed by atoms with Crippen molar-refractivity contribution in [1.29, 1.82) is 0 Å². The first-order chi connectivity index (χ1) is 17.7. The molecule has 0 saturated carbocycles. The van der Waals surface area contributed by atoms with E-state index in [1.165, 1.54) is 16.4 Å². The van der Waals surface area contributed by atoms with Crippen molar-refractivity contribution in [2.45, 2.75) is 36.7 Å².